The average Bonchev–Trinajstić information content (AvgIpc) is 2.41. The van der Waals surface area contributed by atoms with Gasteiger partial charge in [0, 0.05) is 24.7 Å². The standard InChI is InChI=1S/C14H23ClN2O2S/c1-4-6-9-17(5-2)20(18,19)13-8-7-12(11-16-3)14(15)10-13/h7-8,10,16H,4-6,9,11H2,1-3H3. The molecule has 1 aromatic rings. The van der Waals surface area contributed by atoms with Gasteiger partial charge >= 0.3 is 0 Å². The smallest absolute Gasteiger partial charge is 0.243 e. The lowest BCUT2D eigenvalue weighted by Gasteiger charge is -2.20. The van der Waals surface area contributed by atoms with E-state index < -0.39 is 10.0 Å². The SMILES string of the molecule is CCCCN(CC)S(=O)(=O)c1ccc(CNC)c(Cl)c1. The van der Waals surface area contributed by atoms with E-state index in [1.54, 1.807) is 12.1 Å². The Bertz CT molecular complexity index is 532. The van der Waals surface area contributed by atoms with Gasteiger partial charge in [0.15, 0.2) is 0 Å². The summed E-state index contributed by atoms with van der Waals surface area (Å²) in [5.41, 5.74) is 0.893. The molecule has 0 unspecified atom stereocenters. The first kappa shape index (κ1) is 17.4. The molecule has 0 atom stereocenters. The minimum atomic E-state index is -3.45. The first-order valence-electron chi connectivity index (χ1n) is 6.90. The van der Waals surface area contributed by atoms with E-state index in [9.17, 15) is 8.42 Å². The third-order valence-electron chi connectivity index (χ3n) is 3.14. The summed E-state index contributed by atoms with van der Waals surface area (Å²) < 4.78 is 26.6. The normalized spacial score (nSPS) is 12.1. The lowest BCUT2D eigenvalue weighted by Crippen LogP contribution is -2.31. The van der Waals surface area contributed by atoms with E-state index in [-0.39, 0.29) is 4.90 Å². The van der Waals surface area contributed by atoms with Crippen LogP contribution in [0.15, 0.2) is 23.1 Å². The summed E-state index contributed by atoms with van der Waals surface area (Å²) in [5.74, 6) is 0. The number of unbranched alkanes of at least 4 members (excludes halogenated alkanes) is 1. The van der Waals surface area contributed by atoms with E-state index in [0.717, 1.165) is 18.4 Å². The topological polar surface area (TPSA) is 49.4 Å². The van der Waals surface area contributed by atoms with Crippen molar-refractivity contribution in [3.8, 4) is 0 Å². The summed E-state index contributed by atoms with van der Waals surface area (Å²) in [6, 6.07) is 4.93. The van der Waals surface area contributed by atoms with Gasteiger partial charge in [0.25, 0.3) is 0 Å². The third-order valence-corrected chi connectivity index (χ3v) is 5.47. The predicted molar refractivity (Wildman–Crippen MR) is 83.6 cm³/mol. The number of rotatable bonds is 8. The Labute approximate surface area is 127 Å². The molecule has 1 aromatic carbocycles. The van der Waals surface area contributed by atoms with Crippen LogP contribution in [0, 0.1) is 0 Å². The minimum Gasteiger partial charge on any atom is -0.316 e. The fraction of sp³-hybridized carbons (Fsp3) is 0.571. The molecule has 114 valence electrons. The largest absolute Gasteiger partial charge is 0.316 e. The number of hydrogen-bond donors (Lipinski definition) is 1. The van der Waals surface area contributed by atoms with Gasteiger partial charge in [-0.3, -0.25) is 0 Å². The first-order chi connectivity index (χ1) is 9.47. The van der Waals surface area contributed by atoms with Crippen molar-refractivity contribution in [2.45, 2.75) is 38.1 Å². The molecule has 0 aromatic heterocycles. The summed E-state index contributed by atoms with van der Waals surface area (Å²) >= 11 is 6.14. The van der Waals surface area contributed by atoms with Crippen molar-refractivity contribution in [2.24, 2.45) is 0 Å². The van der Waals surface area contributed by atoms with Crippen molar-refractivity contribution < 1.29 is 8.42 Å². The highest BCUT2D eigenvalue weighted by Crippen LogP contribution is 2.23. The van der Waals surface area contributed by atoms with Crippen molar-refractivity contribution in [3.63, 3.8) is 0 Å². The zero-order valence-electron chi connectivity index (χ0n) is 12.3. The maximum Gasteiger partial charge on any atom is 0.243 e. The molecule has 20 heavy (non-hydrogen) atoms. The molecule has 1 rings (SSSR count). The van der Waals surface area contributed by atoms with Gasteiger partial charge in [0.05, 0.1) is 4.90 Å². The summed E-state index contributed by atoms with van der Waals surface area (Å²) in [6.07, 6.45) is 1.83. The van der Waals surface area contributed by atoms with Gasteiger partial charge in [-0.1, -0.05) is 37.9 Å². The Balaban J connectivity index is 3.05. The van der Waals surface area contributed by atoms with Crippen LogP contribution < -0.4 is 5.32 Å². The molecule has 0 amide bonds. The van der Waals surface area contributed by atoms with Crippen LogP contribution in [0.1, 0.15) is 32.3 Å². The Hall–Kier alpha value is -0.620. The van der Waals surface area contributed by atoms with Crippen LogP contribution in [0.4, 0.5) is 0 Å². The van der Waals surface area contributed by atoms with Crippen LogP contribution in [-0.2, 0) is 16.6 Å². The van der Waals surface area contributed by atoms with Gasteiger partial charge in [0.1, 0.15) is 0 Å². The van der Waals surface area contributed by atoms with Crippen molar-refractivity contribution in [2.75, 3.05) is 20.1 Å². The Morgan fingerprint density at radius 3 is 2.50 bits per heavy atom. The van der Waals surface area contributed by atoms with Crippen LogP contribution in [-0.4, -0.2) is 32.9 Å². The maximum absolute atomic E-state index is 12.5. The molecule has 0 heterocycles. The molecule has 0 aliphatic rings. The van der Waals surface area contributed by atoms with Gasteiger partial charge in [0.2, 0.25) is 10.0 Å². The molecule has 0 bridgehead atoms. The van der Waals surface area contributed by atoms with Gasteiger partial charge in [-0.25, -0.2) is 8.42 Å². The van der Waals surface area contributed by atoms with Gasteiger partial charge in [-0.05, 0) is 31.2 Å². The van der Waals surface area contributed by atoms with Crippen LogP contribution in [0.5, 0.6) is 0 Å². The molecular weight excluding hydrogens is 296 g/mol. The second-order valence-corrected chi connectivity index (χ2v) is 6.98. The maximum atomic E-state index is 12.5. The summed E-state index contributed by atoms with van der Waals surface area (Å²) in [5, 5.41) is 3.48. The van der Waals surface area contributed by atoms with E-state index in [2.05, 4.69) is 5.32 Å². The zero-order valence-corrected chi connectivity index (χ0v) is 13.9. The van der Waals surface area contributed by atoms with E-state index in [1.165, 1.54) is 10.4 Å². The Kier molecular flexibility index (Phi) is 6.95. The average molecular weight is 319 g/mol. The molecule has 0 spiro atoms. The van der Waals surface area contributed by atoms with Crippen molar-refractivity contribution in [3.05, 3.63) is 28.8 Å². The second-order valence-electron chi connectivity index (χ2n) is 4.63. The lowest BCUT2D eigenvalue weighted by atomic mass is 10.2. The number of benzene rings is 1. The van der Waals surface area contributed by atoms with Crippen LogP contribution in [0.3, 0.4) is 0 Å². The second kappa shape index (κ2) is 7.98. The van der Waals surface area contributed by atoms with Crippen molar-refractivity contribution in [1.29, 1.82) is 0 Å². The fourth-order valence-electron chi connectivity index (χ4n) is 1.95. The fourth-order valence-corrected chi connectivity index (χ4v) is 3.78. The molecule has 6 heteroatoms. The number of sulfonamides is 1. The number of nitrogens with zero attached hydrogens (tertiary/aromatic N) is 1. The van der Waals surface area contributed by atoms with E-state index in [4.69, 9.17) is 11.6 Å². The van der Waals surface area contributed by atoms with E-state index in [1.807, 2.05) is 20.9 Å². The quantitative estimate of drug-likeness (QED) is 0.802. The number of nitrogens with one attached hydrogen (secondary N) is 1. The predicted octanol–water partition coefficient (Wildman–Crippen LogP) is 2.87. The molecule has 0 aliphatic heterocycles. The minimum absolute atomic E-state index is 0.264. The summed E-state index contributed by atoms with van der Waals surface area (Å²) in [6.45, 7) is 5.53. The van der Waals surface area contributed by atoms with Crippen LogP contribution in [0.2, 0.25) is 5.02 Å². The van der Waals surface area contributed by atoms with E-state index in [0.29, 0.717) is 24.7 Å². The molecule has 4 nitrogen and oxygen atoms in total. The van der Waals surface area contributed by atoms with Crippen molar-refractivity contribution in [1.82, 2.24) is 9.62 Å². The van der Waals surface area contributed by atoms with Gasteiger partial charge in [-0.15, -0.1) is 0 Å². The van der Waals surface area contributed by atoms with Gasteiger partial charge in [-0.2, -0.15) is 4.31 Å². The number of hydrogen-bond acceptors (Lipinski definition) is 3. The lowest BCUT2D eigenvalue weighted by molar-refractivity contribution is 0.419. The summed E-state index contributed by atoms with van der Waals surface area (Å²) in [4.78, 5) is 0.264. The van der Waals surface area contributed by atoms with Crippen LogP contribution in [0.25, 0.3) is 0 Å². The molecule has 0 aliphatic carbocycles. The molecular formula is C14H23ClN2O2S. The Morgan fingerprint density at radius 2 is 2.00 bits per heavy atom. The molecule has 0 radical (unpaired) electrons. The zero-order chi connectivity index (χ0) is 15.2. The third kappa shape index (κ3) is 4.19. The Morgan fingerprint density at radius 1 is 1.30 bits per heavy atom. The monoisotopic (exact) mass is 318 g/mol. The molecule has 0 fully saturated rings. The number of halogens is 1. The van der Waals surface area contributed by atoms with E-state index >= 15 is 0 Å². The van der Waals surface area contributed by atoms with Gasteiger partial charge < -0.3 is 5.32 Å². The van der Waals surface area contributed by atoms with Crippen LogP contribution >= 0.6 is 11.6 Å². The van der Waals surface area contributed by atoms with Crippen molar-refractivity contribution >= 4 is 21.6 Å². The first-order valence-corrected chi connectivity index (χ1v) is 8.72. The highest BCUT2D eigenvalue weighted by Gasteiger charge is 2.23. The highest BCUT2D eigenvalue weighted by molar-refractivity contribution is 7.89. The summed E-state index contributed by atoms with van der Waals surface area (Å²) in [7, 11) is -1.63. The molecule has 0 saturated carbocycles. The molecule has 1 N–H and O–H groups in total. The highest BCUT2D eigenvalue weighted by atomic mass is 35.5. The molecule has 0 saturated heterocycles.